The molecule has 0 aromatic heterocycles. The van der Waals surface area contributed by atoms with Crippen molar-refractivity contribution in [3.05, 3.63) is 101 Å². The number of benzene rings is 3. The topological polar surface area (TPSA) is 32.3 Å². The first-order valence-electron chi connectivity index (χ1n) is 9.10. The number of anilines is 1. The van der Waals surface area contributed by atoms with Crippen LogP contribution in [0.5, 0.6) is 0 Å². The zero-order valence-corrected chi connectivity index (χ0v) is 14.5. The van der Waals surface area contributed by atoms with Gasteiger partial charge in [-0.15, -0.1) is 0 Å². The van der Waals surface area contributed by atoms with E-state index in [0.717, 1.165) is 30.6 Å². The predicted molar refractivity (Wildman–Crippen MR) is 103 cm³/mol. The van der Waals surface area contributed by atoms with Gasteiger partial charge in [0.25, 0.3) is 5.91 Å². The average Bonchev–Trinajstić information content (AvgIpc) is 2.68. The first-order valence-corrected chi connectivity index (χ1v) is 9.10. The molecule has 128 valence electrons. The number of carbonyl (C=O) groups is 1. The normalized spacial score (nSPS) is 17.8. The number of para-hydroxylation sites is 1. The number of carbonyl (C=O) groups excluding carboxylic acids is 1. The fourth-order valence-electron chi connectivity index (χ4n) is 4.19. The van der Waals surface area contributed by atoms with Crippen molar-refractivity contribution in [2.24, 2.45) is 0 Å². The van der Waals surface area contributed by atoms with Gasteiger partial charge in [0, 0.05) is 13.0 Å². The average molecular weight is 340 g/mol. The van der Waals surface area contributed by atoms with Crippen LogP contribution in [0.25, 0.3) is 0 Å². The fraction of sp³-hybridized carbons (Fsp3) is 0.174. The molecule has 2 aliphatic rings. The van der Waals surface area contributed by atoms with Gasteiger partial charge in [0.1, 0.15) is 6.17 Å². The Morgan fingerprint density at radius 2 is 1.65 bits per heavy atom. The molecule has 3 aromatic carbocycles. The lowest BCUT2D eigenvalue weighted by atomic mass is 9.91. The van der Waals surface area contributed by atoms with Gasteiger partial charge in [-0.05, 0) is 34.7 Å². The number of hydrogen-bond acceptors (Lipinski definition) is 2. The van der Waals surface area contributed by atoms with Crippen molar-refractivity contribution in [1.82, 2.24) is 5.32 Å². The van der Waals surface area contributed by atoms with Gasteiger partial charge in [0.15, 0.2) is 0 Å². The van der Waals surface area contributed by atoms with Gasteiger partial charge in [-0.1, -0.05) is 66.7 Å². The van der Waals surface area contributed by atoms with Crippen LogP contribution in [0.1, 0.15) is 32.6 Å². The molecule has 0 aliphatic carbocycles. The van der Waals surface area contributed by atoms with Crippen molar-refractivity contribution in [3.63, 3.8) is 0 Å². The molecule has 3 nitrogen and oxygen atoms in total. The van der Waals surface area contributed by atoms with E-state index in [4.69, 9.17) is 0 Å². The van der Waals surface area contributed by atoms with Crippen LogP contribution >= 0.6 is 0 Å². The second-order valence-electron chi connectivity index (χ2n) is 7.07. The van der Waals surface area contributed by atoms with Gasteiger partial charge in [-0.2, -0.15) is 0 Å². The molecule has 0 spiro atoms. The molecule has 1 N–H and O–H groups in total. The molecule has 1 amide bonds. The molecule has 0 radical (unpaired) electrons. The van der Waals surface area contributed by atoms with Crippen LogP contribution < -0.4 is 10.2 Å². The lowest BCUT2D eigenvalue weighted by molar-refractivity contribution is 0.0924. The summed E-state index contributed by atoms with van der Waals surface area (Å²) in [6, 6.07) is 25.1. The molecule has 5 rings (SSSR count). The molecule has 3 aromatic rings. The van der Waals surface area contributed by atoms with Crippen LogP contribution in [-0.2, 0) is 19.4 Å². The Bertz CT molecular complexity index is 981. The van der Waals surface area contributed by atoms with E-state index in [-0.39, 0.29) is 12.1 Å². The van der Waals surface area contributed by atoms with E-state index >= 15 is 0 Å². The number of fused-ring (bicyclic) bond motifs is 4. The summed E-state index contributed by atoms with van der Waals surface area (Å²) < 4.78 is 0. The number of nitrogens with one attached hydrogen (secondary N) is 1. The van der Waals surface area contributed by atoms with E-state index in [1.165, 1.54) is 22.3 Å². The van der Waals surface area contributed by atoms with E-state index in [1.54, 1.807) is 0 Å². The maximum atomic E-state index is 12.7. The summed E-state index contributed by atoms with van der Waals surface area (Å²) in [5.41, 5.74) is 7.04. The number of rotatable bonds is 2. The Kier molecular flexibility index (Phi) is 3.52. The third-order valence-corrected chi connectivity index (χ3v) is 5.44. The molecule has 3 heteroatoms. The molecule has 0 saturated carbocycles. The summed E-state index contributed by atoms with van der Waals surface area (Å²) in [4.78, 5) is 15.1. The minimum atomic E-state index is 0.0295. The molecule has 0 fully saturated rings. The molecule has 2 aliphatic heterocycles. The SMILES string of the molecule is O=C1NC2Cc3ccccc3CN2c2c(Cc3ccccc3)cccc21. The Morgan fingerprint density at radius 3 is 2.50 bits per heavy atom. The fourth-order valence-corrected chi connectivity index (χ4v) is 4.19. The lowest BCUT2D eigenvalue weighted by Gasteiger charge is -2.43. The van der Waals surface area contributed by atoms with Crippen molar-refractivity contribution in [3.8, 4) is 0 Å². The van der Waals surface area contributed by atoms with E-state index in [2.05, 4.69) is 64.8 Å². The maximum absolute atomic E-state index is 12.7. The van der Waals surface area contributed by atoms with Crippen LogP contribution in [0.3, 0.4) is 0 Å². The van der Waals surface area contributed by atoms with Crippen molar-refractivity contribution in [2.45, 2.75) is 25.6 Å². The largest absolute Gasteiger partial charge is 0.346 e. The first kappa shape index (κ1) is 15.2. The lowest BCUT2D eigenvalue weighted by Crippen LogP contribution is -2.55. The van der Waals surface area contributed by atoms with Crippen molar-refractivity contribution in [1.29, 1.82) is 0 Å². The van der Waals surface area contributed by atoms with Crippen LogP contribution in [-0.4, -0.2) is 12.1 Å². The third kappa shape index (κ3) is 2.48. The van der Waals surface area contributed by atoms with Crippen LogP contribution in [0, 0.1) is 0 Å². The van der Waals surface area contributed by atoms with Crippen LogP contribution in [0.2, 0.25) is 0 Å². The summed E-state index contributed by atoms with van der Waals surface area (Å²) >= 11 is 0. The highest BCUT2D eigenvalue weighted by molar-refractivity contribution is 6.03. The minimum Gasteiger partial charge on any atom is -0.346 e. The molecule has 0 bridgehead atoms. The summed E-state index contributed by atoms with van der Waals surface area (Å²) in [6.07, 6.45) is 1.71. The quantitative estimate of drug-likeness (QED) is 0.767. The third-order valence-electron chi connectivity index (χ3n) is 5.44. The van der Waals surface area contributed by atoms with Crippen molar-refractivity contribution >= 4 is 11.6 Å². The van der Waals surface area contributed by atoms with E-state index in [9.17, 15) is 4.79 Å². The highest BCUT2D eigenvalue weighted by atomic mass is 16.2. The maximum Gasteiger partial charge on any atom is 0.255 e. The number of nitrogens with zero attached hydrogens (tertiary/aromatic N) is 1. The van der Waals surface area contributed by atoms with Gasteiger partial charge in [0.05, 0.1) is 11.3 Å². The van der Waals surface area contributed by atoms with E-state index < -0.39 is 0 Å². The smallest absolute Gasteiger partial charge is 0.255 e. The Hall–Kier alpha value is -3.07. The highest BCUT2D eigenvalue weighted by Crippen LogP contribution is 2.36. The zero-order chi connectivity index (χ0) is 17.5. The van der Waals surface area contributed by atoms with Crippen LogP contribution in [0.15, 0.2) is 72.8 Å². The molecule has 26 heavy (non-hydrogen) atoms. The highest BCUT2D eigenvalue weighted by Gasteiger charge is 2.35. The molecule has 0 saturated heterocycles. The summed E-state index contributed by atoms with van der Waals surface area (Å²) in [5.74, 6) is 0.0375. The zero-order valence-electron chi connectivity index (χ0n) is 14.5. The monoisotopic (exact) mass is 340 g/mol. The van der Waals surface area contributed by atoms with Gasteiger partial charge in [-0.3, -0.25) is 4.79 Å². The molecule has 2 heterocycles. The van der Waals surface area contributed by atoms with E-state index in [0.29, 0.717) is 0 Å². The molecule has 1 unspecified atom stereocenters. The summed E-state index contributed by atoms with van der Waals surface area (Å²) in [6.45, 7) is 0.833. The number of amides is 1. The van der Waals surface area contributed by atoms with Gasteiger partial charge >= 0.3 is 0 Å². The first-order chi connectivity index (χ1) is 12.8. The van der Waals surface area contributed by atoms with Gasteiger partial charge < -0.3 is 10.2 Å². The van der Waals surface area contributed by atoms with Crippen LogP contribution in [0.4, 0.5) is 5.69 Å². The predicted octanol–water partition coefficient (Wildman–Crippen LogP) is 3.91. The van der Waals surface area contributed by atoms with Gasteiger partial charge in [0.2, 0.25) is 0 Å². The second kappa shape index (κ2) is 6.03. The van der Waals surface area contributed by atoms with E-state index in [1.807, 2.05) is 18.2 Å². The Labute approximate surface area is 153 Å². The Balaban J connectivity index is 1.60. The minimum absolute atomic E-state index is 0.0295. The standard InChI is InChI=1S/C23H20N2O/c26-23-20-12-6-11-18(13-16-7-2-1-3-8-16)22(20)25-15-19-10-5-4-9-17(19)14-21(25)24-23/h1-12,21H,13-15H2,(H,24,26). The van der Waals surface area contributed by atoms with Crippen molar-refractivity contribution < 1.29 is 4.79 Å². The van der Waals surface area contributed by atoms with Gasteiger partial charge in [-0.25, -0.2) is 0 Å². The molecule has 1 atom stereocenters. The summed E-state index contributed by atoms with van der Waals surface area (Å²) in [7, 11) is 0. The second-order valence-corrected chi connectivity index (χ2v) is 7.07. The Morgan fingerprint density at radius 1 is 0.885 bits per heavy atom. The van der Waals surface area contributed by atoms with Crippen molar-refractivity contribution in [2.75, 3.05) is 4.90 Å². The molecular weight excluding hydrogens is 320 g/mol. The number of hydrogen-bond donors (Lipinski definition) is 1. The molecular formula is C23H20N2O. The summed E-state index contributed by atoms with van der Waals surface area (Å²) in [5, 5.41) is 3.19.